The number of aryl methyl sites for hydroxylation is 1. The van der Waals surface area contributed by atoms with Crippen LogP contribution in [0.25, 0.3) is 0 Å². The number of nitrogens with one attached hydrogen (secondary N) is 2. The van der Waals surface area contributed by atoms with E-state index in [2.05, 4.69) is 20.8 Å². The van der Waals surface area contributed by atoms with Crippen LogP contribution < -0.4 is 10.6 Å². The van der Waals surface area contributed by atoms with Crippen LogP contribution in [0, 0.1) is 12.3 Å². The molecule has 2 amide bonds. The maximum Gasteiger partial charge on any atom is 0.314 e. The van der Waals surface area contributed by atoms with Crippen LogP contribution in [-0.4, -0.2) is 41.0 Å². The maximum absolute atomic E-state index is 11.5. The summed E-state index contributed by atoms with van der Waals surface area (Å²) in [5.74, 6) is 1.11. The van der Waals surface area contributed by atoms with Crippen molar-refractivity contribution in [1.82, 2.24) is 20.8 Å². The molecule has 20 heavy (non-hydrogen) atoms. The molecular weight excluding hydrogens is 260 g/mol. The summed E-state index contributed by atoms with van der Waals surface area (Å²) in [6, 6.07) is -0.206. The molecule has 0 aliphatic carbocycles. The Kier molecular flexibility index (Phi) is 6.44. The van der Waals surface area contributed by atoms with Crippen LogP contribution in [-0.2, 0) is 6.42 Å². The van der Waals surface area contributed by atoms with Crippen LogP contribution in [0.15, 0.2) is 4.52 Å². The van der Waals surface area contributed by atoms with Crippen LogP contribution in [0.4, 0.5) is 4.79 Å². The first kappa shape index (κ1) is 16.4. The largest absolute Gasteiger partial charge is 0.396 e. The van der Waals surface area contributed by atoms with Crippen molar-refractivity contribution in [3.8, 4) is 0 Å². The SMILES string of the molecule is Cc1noc(CCNC(=O)NCCCC(C)(C)CO)n1. The summed E-state index contributed by atoms with van der Waals surface area (Å²) < 4.78 is 4.94. The Morgan fingerprint density at radius 3 is 2.65 bits per heavy atom. The molecule has 1 aromatic heterocycles. The van der Waals surface area contributed by atoms with Gasteiger partial charge in [-0.05, 0) is 25.2 Å². The zero-order chi connectivity index (χ0) is 15.0. The predicted molar refractivity (Wildman–Crippen MR) is 74.2 cm³/mol. The fourth-order valence-corrected chi connectivity index (χ4v) is 1.63. The normalized spacial score (nSPS) is 11.4. The first-order chi connectivity index (χ1) is 9.43. The highest BCUT2D eigenvalue weighted by molar-refractivity contribution is 5.73. The Morgan fingerprint density at radius 1 is 1.35 bits per heavy atom. The van der Waals surface area contributed by atoms with Crippen LogP contribution in [0.3, 0.4) is 0 Å². The van der Waals surface area contributed by atoms with Gasteiger partial charge < -0.3 is 20.3 Å². The lowest BCUT2D eigenvalue weighted by Gasteiger charge is -2.21. The first-order valence-electron chi connectivity index (χ1n) is 6.85. The Balaban J connectivity index is 2.06. The molecule has 1 heterocycles. The Labute approximate surface area is 119 Å². The van der Waals surface area contributed by atoms with E-state index in [1.54, 1.807) is 6.92 Å². The third-order valence-electron chi connectivity index (χ3n) is 2.94. The summed E-state index contributed by atoms with van der Waals surface area (Å²) >= 11 is 0. The van der Waals surface area contributed by atoms with E-state index >= 15 is 0 Å². The van der Waals surface area contributed by atoms with Crippen LogP contribution >= 0.6 is 0 Å². The van der Waals surface area contributed by atoms with Gasteiger partial charge in [-0.2, -0.15) is 4.98 Å². The smallest absolute Gasteiger partial charge is 0.314 e. The van der Waals surface area contributed by atoms with Gasteiger partial charge in [0, 0.05) is 26.1 Å². The minimum absolute atomic E-state index is 0.0893. The Morgan fingerprint density at radius 2 is 2.05 bits per heavy atom. The van der Waals surface area contributed by atoms with E-state index in [0.717, 1.165) is 12.8 Å². The van der Waals surface area contributed by atoms with Crippen molar-refractivity contribution < 1.29 is 14.4 Å². The maximum atomic E-state index is 11.5. The minimum atomic E-state index is -0.206. The lowest BCUT2D eigenvalue weighted by Crippen LogP contribution is -2.37. The molecule has 0 atom stereocenters. The van der Waals surface area contributed by atoms with Gasteiger partial charge in [0.25, 0.3) is 0 Å². The van der Waals surface area contributed by atoms with Gasteiger partial charge in [0.15, 0.2) is 5.82 Å². The summed E-state index contributed by atoms with van der Waals surface area (Å²) in [6.45, 7) is 6.95. The predicted octanol–water partition coefficient (Wildman–Crippen LogP) is 1.02. The second-order valence-electron chi connectivity index (χ2n) is 5.59. The lowest BCUT2D eigenvalue weighted by molar-refractivity contribution is 0.148. The van der Waals surface area contributed by atoms with Crippen LogP contribution in [0.2, 0.25) is 0 Å². The number of carbonyl (C=O) groups excluding carboxylic acids is 1. The monoisotopic (exact) mass is 284 g/mol. The second-order valence-corrected chi connectivity index (χ2v) is 5.59. The Bertz CT molecular complexity index is 418. The van der Waals surface area contributed by atoms with Crippen molar-refractivity contribution >= 4 is 6.03 Å². The van der Waals surface area contributed by atoms with E-state index in [0.29, 0.717) is 31.2 Å². The van der Waals surface area contributed by atoms with Crippen molar-refractivity contribution in [1.29, 1.82) is 0 Å². The van der Waals surface area contributed by atoms with Gasteiger partial charge >= 0.3 is 6.03 Å². The molecule has 0 fully saturated rings. The number of carbonyl (C=O) groups is 1. The van der Waals surface area contributed by atoms with Crippen molar-refractivity contribution in [3.63, 3.8) is 0 Å². The van der Waals surface area contributed by atoms with Crippen LogP contribution in [0.5, 0.6) is 0 Å². The third-order valence-corrected chi connectivity index (χ3v) is 2.94. The molecule has 1 aromatic rings. The summed E-state index contributed by atoms with van der Waals surface area (Å²) in [6.07, 6.45) is 2.22. The van der Waals surface area contributed by atoms with Gasteiger partial charge in [0.2, 0.25) is 5.89 Å². The van der Waals surface area contributed by atoms with Crippen LogP contribution in [0.1, 0.15) is 38.4 Å². The molecule has 1 rings (SSSR count). The highest BCUT2D eigenvalue weighted by Gasteiger charge is 2.15. The zero-order valence-corrected chi connectivity index (χ0v) is 12.4. The van der Waals surface area contributed by atoms with E-state index < -0.39 is 0 Å². The highest BCUT2D eigenvalue weighted by atomic mass is 16.5. The molecule has 0 aromatic carbocycles. The highest BCUT2D eigenvalue weighted by Crippen LogP contribution is 2.20. The number of rotatable bonds is 8. The fourth-order valence-electron chi connectivity index (χ4n) is 1.63. The number of aromatic nitrogens is 2. The molecular formula is C13H24N4O3. The van der Waals surface area contributed by atoms with Crippen molar-refractivity contribution in [2.45, 2.75) is 40.0 Å². The van der Waals surface area contributed by atoms with Gasteiger partial charge in [0.05, 0.1) is 0 Å². The van der Waals surface area contributed by atoms with Crippen molar-refractivity contribution in [2.24, 2.45) is 5.41 Å². The van der Waals surface area contributed by atoms with Crippen molar-refractivity contribution in [3.05, 3.63) is 11.7 Å². The third kappa shape index (κ3) is 6.51. The number of urea groups is 1. The average molecular weight is 284 g/mol. The van der Waals surface area contributed by atoms with Crippen molar-refractivity contribution in [2.75, 3.05) is 19.7 Å². The molecule has 0 saturated carbocycles. The van der Waals surface area contributed by atoms with Gasteiger partial charge in [0.1, 0.15) is 0 Å². The molecule has 0 spiro atoms. The van der Waals surface area contributed by atoms with Gasteiger partial charge in [-0.1, -0.05) is 19.0 Å². The Hall–Kier alpha value is -1.63. The quantitative estimate of drug-likeness (QED) is 0.619. The summed E-state index contributed by atoms with van der Waals surface area (Å²) in [4.78, 5) is 15.5. The molecule has 0 saturated heterocycles. The zero-order valence-electron chi connectivity index (χ0n) is 12.4. The number of nitrogens with zero attached hydrogens (tertiary/aromatic N) is 2. The summed E-state index contributed by atoms with van der Waals surface area (Å²) in [5.41, 5.74) is -0.0893. The number of amides is 2. The topological polar surface area (TPSA) is 100 Å². The van der Waals surface area contributed by atoms with E-state index in [1.807, 2.05) is 13.8 Å². The van der Waals surface area contributed by atoms with Gasteiger partial charge in [-0.25, -0.2) is 4.79 Å². The number of aliphatic hydroxyl groups is 1. The number of hydrogen-bond acceptors (Lipinski definition) is 5. The molecule has 0 bridgehead atoms. The van der Waals surface area contributed by atoms with E-state index in [4.69, 9.17) is 9.63 Å². The van der Waals surface area contributed by atoms with Gasteiger partial charge in [-0.15, -0.1) is 0 Å². The van der Waals surface area contributed by atoms with Gasteiger partial charge in [-0.3, -0.25) is 0 Å². The molecule has 0 aliphatic heterocycles. The lowest BCUT2D eigenvalue weighted by atomic mass is 9.89. The fraction of sp³-hybridized carbons (Fsp3) is 0.769. The second kappa shape index (κ2) is 7.84. The molecule has 0 radical (unpaired) electrons. The molecule has 0 unspecified atom stereocenters. The number of hydrogen-bond donors (Lipinski definition) is 3. The molecule has 7 heteroatoms. The molecule has 0 aliphatic rings. The van der Waals surface area contributed by atoms with E-state index in [9.17, 15) is 4.79 Å². The van der Waals surface area contributed by atoms with E-state index in [1.165, 1.54) is 0 Å². The average Bonchev–Trinajstić information content (AvgIpc) is 2.80. The molecule has 7 nitrogen and oxygen atoms in total. The first-order valence-corrected chi connectivity index (χ1v) is 6.85. The number of aliphatic hydroxyl groups excluding tert-OH is 1. The summed E-state index contributed by atoms with van der Waals surface area (Å²) in [7, 11) is 0. The summed E-state index contributed by atoms with van der Waals surface area (Å²) in [5, 5.41) is 18.3. The molecule has 3 N–H and O–H groups in total. The standard InChI is InChI=1S/C13H24N4O3/c1-10-16-11(20-17-10)5-8-15-12(19)14-7-4-6-13(2,3)9-18/h18H,4-9H2,1-3H3,(H2,14,15,19). The minimum Gasteiger partial charge on any atom is -0.396 e. The van der Waals surface area contributed by atoms with E-state index in [-0.39, 0.29) is 18.1 Å². The molecule has 114 valence electrons.